The van der Waals surface area contributed by atoms with Crippen molar-refractivity contribution in [2.75, 3.05) is 30.4 Å². The van der Waals surface area contributed by atoms with Crippen molar-refractivity contribution in [2.45, 2.75) is 31.6 Å². The van der Waals surface area contributed by atoms with E-state index in [1.165, 1.54) is 7.05 Å². The summed E-state index contributed by atoms with van der Waals surface area (Å²) in [5, 5.41) is 2.90. The third-order valence-electron chi connectivity index (χ3n) is 4.42. The summed E-state index contributed by atoms with van der Waals surface area (Å²) in [4.78, 5) is 14.6. The highest BCUT2D eigenvalue weighted by Gasteiger charge is 2.11. The molecule has 0 aromatic heterocycles. The SMILES string of the molecule is CCN(CC)c1ccc(NC(=O)CCc2ccc(S(=O)(=O)NC)cc2)cc1. The minimum atomic E-state index is -3.43. The maximum absolute atomic E-state index is 12.2. The Labute approximate surface area is 161 Å². The fourth-order valence-corrected chi connectivity index (χ4v) is 3.51. The summed E-state index contributed by atoms with van der Waals surface area (Å²) in [6.45, 7) is 6.10. The first-order valence-electron chi connectivity index (χ1n) is 9.07. The zero-order valence-electron chi connectivity index (χ0n) is 16.0. The molecule has 27 heavy (non-hydrogen) atoms. The van der Waals surface area contributed by atoms with Crippen LogP contribution in [0, 0.1) is 0 Å². The molecule has 0 atom stereocenters. The summed E-state index contributed by atoms with van der Waals surface area (Å²) in [5.41, 5.74) is 2.82. The van der Waals surface area contributed by atoms with Crippen LogP contribution < -0.4 is 14.9 Å². The minimum absolute atomic E-state index is 0.0717. The van der Waals surface area contributed by atoms with Gasteiger partial charge >= 0.3 is 0 Å². The molecular weight excluding hydrogens is 362 g/mol. The maximum Gasteiger partial charge on any atom is 0.240 e. The van der Waals surface area contributed by atoms with E-state index in [4.69, 9.17) is 0 Å². The number of hydrogen-bond donors (Lipinski definition) is 2. The van der Waals surface area contributed by atoms with Crippen LogP contribution in [0.15, 0.2) is 53.4 Å². The Morgan fingerprint density at radius 1 is 0.963 bits per heavy atom. The first kappa shape index (κ1) is 20.9. The van der Waals surface area contributed by atoms with E-state index in [0.29, 0.717) is 12.8 Å². The van der Waals surface area contributed by atoms with Gasteiger partial charge in [0.2, 0.25) is 15.9 Å². The Balaban J connectivity index is 1.89. The maximum atomic E-state index is 12.2. The zero-order chi connectivity index (χ0) is 19.9. The number of benzene rings is 2. The van der Waals surface area contributed by atoms with Crippen molar-refractivity contribution in [1.82, 2.24) is 4.72 Å². The van der Waals surface area contributed by atoms with Gasteiger partial charge in [0.1, 0.15) is 0 Å². The van der Waals surface area contributed by atoms with Gasteiger partial charge in [-0.25, -0.2) is 13.1 Å². The smallest absolute Gasteiger partial charge is 0.240 e. The number of hydrogen-bond acceptors (Lipinski definition) is 4. The molecule has 0 aliphatic heterocycles. The molecule has 0 heterocycles. The second-order valence-electron chi connectivity index (χ2n) is 6.12. The number of anilines is 2. The van der Waals surface area contributed by atoms with E-state index in [1.807, 2.05) is 24.3 Å². The summed E-state index contributed by atoms with van der Waals surface area (Å²) in [7, 11) is -2.06. The van der Waals surface area contributed by atoms with E-state index in [9.17, 15) is 13.2 Å². The normalized spacial score (nSPS) is 11.2. The molecule has 7 heteroatoms. The zero-order valence-corrected chi connectivity index (χ0v) is 16.8. The van der Waals surface area contributed by atoms with Crippen molar-refractivity contribution in [3.63, 3.8) is 0 Å². The lowest BCUT2D eigenvalue weighted by molar-refractivity contribution is -0.116. The molecule has 0 unspecified atom stereocenters. The van der Waals surface area contributed by atoms with Gasteiger partial charge in [0, 0.05) is 30.9 Å². The number of nitrogens with one attached hydrogen (secondary N) is 2. The largest absolute Gasteiger partial charge is 0.372 e. The lowest BCUT2D eigenvalue weighted by Gasteiger charge is -2.21. The molecule has 146 valence electrons. The molecule has 0 saturated carbocycles. The molecule has 0 spiro atoms. The number of rotatable bonds is 9. The standard InChI is InChI=1S/C20H27N3O3S/c1-4-23(5-2)18-11-9-17(10-12-18)22-20(24)15-8-16-6-13-19(14-7-16)27(25,26)21-3/h6-7,9-14,21H,4-5,8,15H2,1-3H3,(H,22,24). The number of carbonyl (C=O) groups is 1. The summed E-state index contributed by atoms with van der Waals surface area (Å²) in [6.07, 6.45) is 0.874. The number of nitrogens with zero attached hydrogens (tertiary/aromatic N) is 1. The lowest BCUT2D eigenvalue weighted by atomic mass is 10.1. The molecule has 2 rings (SSSR count). The fraction of sp³-hybridized carbons (Fsp3) is 0.350. The summed E-state index contributed by atoms with van der Waals surface area (Å²) in [6, 6.07) is 14.4. The summed E-state index contributed by atoms with van der Waals surface area (Å²) < 4.78 is 25.7. The van der Waals surface area contributed by atoms with Gasteiger partial charge < -0.3 is 10.2 Å². The average molecular weight is 390 g/mol. The predicted molar refractivity (Wildman–Crippen MR) is 110 cm³/mol. The van der Waals surface area contributed by atoms with Crippen molar-refractivity contribution >= 4 is 27.3 Å². The van der Waals surface area contributed by atoms with Crippen LogP contribution in [0.1, 0.15) is 25.8 Å². The second-order valence-corrected chi connectivity index (χ2v) is 8.01. The van der Waals surface area contributed by atoms with Gasteiger partial charge in [0.15, 0.2) is 0 Å². The van der Waals surface area contributed by atoms with Crippen molar-refractivity contribution in [1.29, 1.82) is 0 Å². The first-order valence-corrected chi connectivity index (χ1v) is 10.5. The van der Waals surface area contributed by atoms with Crippen LogP contribution >= 0.6 is 0 Å². The van der Waals surface area contributed by atoms with Gasteiger partial charge in [-0.05, 0) is 69.3 Å². The molecule has 2 N–H and O–H groups in total. The van der Waals surface area contributed by atoms with Crippen LogP contribution in [0.25, 0.3) is 0 Å². The third kappa shape index (κ3) is 5.80. The lowest BCUT2D eigenvalue weighted by Crippen LogP contribution is -2.21. The molecular formula is C20H27N3O3S. The molecule has 0 radical (unpaired) electrons. The molecule has 2 aromatic carbocycles. The van der Waals surface area contributed by atoms with Crippen molar-refractivity contribution in [3.05, 3.63) is 54.1 Å². The molecule has 2 aromatic rings. The number of carbonyl (C=O) groups excluding carboxylic acids is 1. The van der Waals surface area contributed by atoms with Gasteiger partial charge in [-0.15, -0.1) is 0 Å². The number of amides is 1. The van der Waals surface area contributed by atoms with Gasteiger partial charge in [-0.2, -0.15) is 0 Å². The second kappa shape index (κ2) is 9.53. The van der Waals surface area contributed by atoms with Crippen LogP contribution in [0.4, 0.5) is 11.4 Å². The van der Waals surface area contributed by atoms with E-state index >= 15 is 0 Å². The number of aryl methyl sites for hydroxylation is 1. The Morgan fingerprint density at radius 2 is 1.56 bits per heavy atom. The molecule has 1 amide bonds. The summed E-state index contributed by atoms with van der Waals surface area (Å²) in [5.74, 6) is -0.0717. The summed E-state index contributed by atoms with van der Waals surface area (Å²) >= 11 is 0. The Bertz CT molecular complexity index is 843. The average Bonchev–Trinajstić information content (AvgIpc) is 2.69. The highest BCUT2D eigenvalue weighted by molar-refractivity contribution is 7.89. The Hall–Kier alpha value is -2.38. The highest BCUT2D eigenvalue weighted by Crippen LogP contribution is 2.18. The van der Waals surface area contributed by atoms with E-state index in [-0.39, 0.29) is 10.8 Å². The number of sulfonamides is 1. The van der Waals surface area contributed by atoms with Crippen LogP contribution in [0.5, 0.6) is 0 Å². The molecule has 0 saturated heterocycles. The quantitative estimate of drug-likeness (QED) is 0.691. The van der Waals surface area contributed by atoms with Gasteiger partial charge in [-0.1, -0.05) is 12.1 Å². The molecule has 6 nitrogen and oxygen atoms in total. The van der Waals surface area contributed by atoms with E-state index < -0.39 is 10.0 Å². The Morgan fingerprint density at radius 3 is 2.07 bits per heavy atom. The topological polar surface area (TPSA) is 78.5 Å². The van der Waals surface area contributed by atoms with Gasteiger partial charge in [0.25, 0.3) is 0 Å². The monoisotopic (exact) mass is 389 g/mol. The predicted octanol–water partition coefficient (Wildman–Crippen LogP) is 3.01. The van der Waals surface area contributed by atoms with Gasteiger partial charge in [0.05, 0.1) is 4.90 Å². The fourth-order valence-electron chi connectivity index (χ4n) is 2.78. The molecule has 0 aliphatic rings. The Kier molecular flexibility index (Phi) is 7.38. The highest BCUT2D eigenvalue weighted by atomic mass is 32.2. The van der Waals surface area contributed by atoms with Crippen LogP contribution in [-0.4, -0.2) is 34.5 Å². The van der Waals surface area contributed by atoms with Crippen molar-refractivity contribution < 1.29 is 13.2 Å². The first-order chi connectivity index (χ1) is 12.9. The van der Waals surface area contributed by atoms with E-state index in [0.717, 1.165) is 30.0 Å². The van der Waals surface area contributed by atoms with Gasteiger partial charge in [-0.3, -0.25) is 4.79 Å². The molecule has 0 bridgehead atoms. The third-order valence-corrected chi connectivity index (χ3v) is 5.85. The van der Waals surface area contributed by atoms with Crippen LogP contribution in [0.2, 0.25) is 0 Å². The van der Waals surface area contributed by atoms with Crippen molar-refractivity contribution in [3.8, 4) is 0 Å². The van der Waals surface area contributed by atoms with Crippen LogP contribution in [0.3, 0.4) is 0 Å². The van der Waals surface area contributed by atoms with E-state index in [2.05, 4.69) is 28.8 Å². The van der Waals surface area contributed by atoms with Crippen molar-refractivity contribution in [2.24, 2.45) is 0 Å². The molecule has 0 aliphatic carbocycles. The molecule has 0 fully saturated rings. The minimum Gasteiger partial charge on any atom is -0.372 e. The van der Waals surface area contributed by atoms with Crippen LogP contribution in [-0.2, 0) is 21.2 Å². The van der Waals surface area contributed by atoms with E-state index in [1.54, 1.807) is 24.3 Å².